The van der Waals surface area contributed by atoms with Gasteiger partial charge in [0.25, 0.3) is 0 Å². The minimum absolute atomic E-state index is 0.0148. The van der Waals surface area contributed by atoms with Crippen molar-refractivity contribution in [1.82, 2.24) is 9.38 Å². The Hall–Kier alpha value is -2.54. The topological polar surface area (TPSA) is 73.1 Å². The van der Waals surface area contributed by atoms with Crippen molar-refractivity contribution in [2.24, 2.45) is 0 Å². The number of benzene rings is 1. The Labute approximate surface area is 143 Å². The van der Waals surface area contributed by atoms with E-state index in [2.05, 4.69) is 4.98 Å². The maximum absolute atomic E-state index is 10.8. The van der Waals surface area contributed by atoms with Gasteiger partial charge in [0.15, 0.2) is 16.5 Å². The Morgan fingerprint density at radius 1 is 1.21 bits per heavy atom. The molecule has 0 fully saturated rings. The molecule has 0 spiro atoms. The summed E-state index contributed by atoms with van der Waals surface area (Å²) in [5.74, 6) is 0.570. The third kappa shape index (κ3) is 3.35. The van der Waals surface area contributed by atoms with Crippen molar-refractivity contribution in [1.29, 1.82) is 0 Å². The van der Waals surface area contributed by atoms with E-state index in [-0.39, 0.29) is 6.42 Å². The number of carboxylic acids is 1. The molecule has 0 saturated heterocycles. The molecule has 24 heavy (non-hydrogen) atoms. The van der Waals surface area contributed by atoms with Gasteiger partial charge in [-0.25, -0.2) is 4.98 Å². The molecule has 1 N–H and O–H groups in total. The van der Waals surface area contributed by atoms with Crippen LogP contribution >= 0.6 is 11.3 Å². The zero-order valence-electron chi connectivity index (χ0n) is 13.5. The third-order valence-corrected chi connectivity index (χ3v) is 4.37. The number of hydrogen-bond donors (Lipinski definition) is 1. The summed E-state index contributed by atoms with van der Waals surface area (Å²) in [5, 5.41) is 8.86. The van der Waals surface area contributed by atoms with Crippen LogP contribution in [0.5, 0.6) is 11.5 Å². The number of aromatic nitrogens is 2. The van der Waals surface area contributed by atoms with Crippen LogP contribution in [0.25, 0.3) is 16.2 Å². The lowest BCUT2D eigenvalue weighted by atomic mass is 10.1. The molecule has 2 heterocycles. The SMILES string of the molecule is CCOc1ccc(-c2cn3cc(CC(=O)O)sc3n2)cc1OCC. The number of ether oxygens (including phenoxy) is 2. The zero-order valence-corrected chi connectivity index (χ0v) is 14.3. The van der Waals surface area contributed by atoms with E-state index in [4.69, 9.17) is 14.6 Å². The predicted molar refractivity (Wildman–Crippen MR) is 92.2 cm³/mol. The van der Waals surface area contributed by atoms with E-state index in [1.54, 1.807) is 0 Å². The number of carboxylic acid groups (broad SMARTS) is 1. The molecule has 3 aromatic rings. The number of thiazole rings is 1. The van der Waals surface area contributed by atoms with Gasteiger partial charge in [-0.05, 0) is 32.0 Å². The lowest BCUT2D eigenvalue weighted by molar-refractivity contribution is -0.136. The number of imidazole rings is 1. The van der Waals surface area contributed by atoms with Gasteiger partial charge in [0.2, 0.25) is 0 Å². The molecule has 0 atom stereocenters. The van der Waals surface area contributed by atoms with Crippen molar-refractivity contribution < 1.29 is 19.4 Å². The van der Waals surface area contributed by atoms with E-state index in [0.717, 1.165) is 21.1 Å². The van der Waals surface area contributed by atoms with Gasteiger partial charge in [-0.3, -0.25) is 9.20 Å². The van der Waals surface area contributed by atoms with Crippen molar-refractivity contribution in [2.75, 3.05) is 13.2 Å². The molecular formula is C17H18N2O4S. The van der Waals surface area contributed by atoms with Crippen LogP contribution in [-0.4, -0.2) is 33.7 Å². The summed E-state index contributed by atoms with van der Waals surface area (Å²) in [4.78, 5) is 16.9. The first-order valence-electron chi connectivity index (χ1n) is 7.70. The lowest BCUT2D eigenvalue weighted by Crippen LogP contribution is -1.98. The highest BCUT2D eigenvalue weighted by atomic mass is 32.1. The first kappa shape index (κ1) is 16.3. The van der Waals surface area contributed by atoms with Crippen LogP contribution in [0.15, 0.2) is 30.6 Å². The minimum Gasteiger partial charge on any atom is -0.490 e. The summed E-state index contributed by atoms with van der Waals surface area (Å²) in [6.07, 6.45) is 3.71. The monoisotopic (exact) mass is 346 g/mol. The highest BCUT2D eigenvalue weighted by molar-refractivity contribution is 7.17. The summed E-state index contributed by atoms with van der Waals surface area (Å²) in [6, 6.07) is 5.74. The average Bonchev–Trinajstić information content (AvgIpc) is 3.07. The Morgan fingerprint density at radius 2 is 1.96 bits per heavy atom. The smallest absolute Gasteiger partial charge is 0.308 e. The Balaban J connectivity index is 1.93. The number of fused-ring (bicyclic) bond motifs is 1. The molecule has 0 aliphatic carbocycles. The molecule has 0 radical (unpaired) electrons. The molecule has 1 aromatic carbocycles. The van der Waals surface area contributed by atoms with E-state index in [9.17, 15) is 4.79 Å². The van der Waals surface area contributed by atoms with Crippen LogP contribution in [0.3, 0.4) is 0 Å². The van der Waals surface area contributed by atoms with Crippen LogP contribution < -0.4 is 9.47 Å². The standard InChI is InChI=1S/C17H18N2O4S/c1-3-22-14-6-5-11(7-15(14)23-4-2)13-10-19-9-12(8-16(20)21)24-17(19)18-13/h5-7,9-10H,3-4,8H2,1-2H3,(H,20,21). The highest BCUT2D eigenvalue weighted by Crippen LogP contribution is 2.33. The van der Waals surface area contributed by atoms with Crippen LogP contribution in [0.4, 0.5) is 0 Å². The third-order valence-electron chi connectivity index (χ3n) is 3.37. The Kier molecular flexibility index (Phi) is 4.71. The fourth-order valence-corrected chi connectivity index (χ4v) is 3.37. The molecule has 6 nitrogen and oxygen atoms in total. The molecule has 0 unspecified atom stereocenters. The van der Waals surface area contributed by atoms with Gasteiger partial charge in [0.1, 0.15) is 0 Å². The van der Waals surface area contributed by atoms with Crippen molar-refractivity contribution in [3.63, 3.8) is 0 Å². The molecule has 2 aromatic heterocycles. The van der Waals surface area contributed by atoms with Gasteiger partial charge < -0.3 is 14.6 Å². The maximum Gasteiger partial charge on any atom is 0.308 e. The normalized spacial score (nSPS) is 10.9. The molecule has 7 heteroatoms. The van der Waals surface area contributed by atoms with Crippen LogP contribution in [0, 0.1) is 0 Å². The van der Waals surface area contributed by atoms with Crippen molar-refractivity contribution in [3.05, 3.63) is 35.5 Å². The van der Waals surface area contributed by atoms with Gasteiger partial charge in [0.05, 0.1) is 25.3 Å². The maximum atomic E-state index is 10.8. The van der Waals surface area contributed by atoms with Crippen LogP contribution in [0.2, 0.25) is 0 Å². The average molecular weight is 346 g/mol. The van der Waals surface area contributed by atoms with E-state index >= 15 is 0 Å². The zero-order chi connectivity index (χ0) is 17.1. The largest absolute Gasteiger partial charge is 0.490 e. The van der Waals surface area contributed by atoms with Gasteiger partial charge in [-0.2, -0.15) is 0 Å². The fraction of sp³-hybridized carbons (Fsp3) is 0.294. The lowest BCUT2D eigenvalue weighted by Gasteiger charge is -2.11. The number of rotatable bonds is 7. The Morgan fingerprint density at radius 3 is 2.62 bits per heavy atom. The molecule has 0 bridgehead atoms. The molecule has 0 amide bonds. The Bertz CT molecular complexity index is 837. The second kappa shape index (κ2) is 6.92. The molecule has 0 aliphatic rings. The number of hydrogen-bond acceptors (Lipinski definition) is 5. The van der Waals surface area contributed by atoms with Gasteiger partial charge in [-0.15, -0.1) is 11.3 Å². The first-order chi connectivity index (χ1) is 11.6. The molecule has 3 rings (SSSR count). The van der Waals surface area contributed by atoms with Crippen LogP contribution in [0.1, 0.15) is 18.7 Å². The molecular weight excluding hydrogens is 328 g/mol. The van der Waals surface area contributed by atoms with E-state index < -0.39 is 5.97 Å². The van der Waals surface area contributed by atoms with Gasteiger partial charge >= 0.3 is 5.97 Å². The summed E-state index contributed by atoms with van der Waals surface area (Å²) >= 11 is 1.38. The van der Waals surface area contributed by atoms with E-state index in [1.165, 1.54) is 11.3 Å². The van der Waals surface area contributed by atoms with Gasteiger partial charge in [-0.1, -0.05) is 0 Å². The molecule has 126 valence electrons. The molecule has 0 aliphatic heterocycles. The summed E-state index contributed by atoms with van der Waals surface area (Å²) in [7, 11) is 0. The minimum atomic E-state index is -0.840. The van der Waals surface area contributed by atoms with E-state index in [1.807, 2.05) is 48.8 Å². The molecule has 0 saturated carbocycles. The summed E-state index contributed by atoms with van der Waals surface area (Å²) in [5.41, 5.74) is 1.74. The van der Waals surface area contributed by atoms with Crippen molar-refractivity contribution in [2.45, 2.75) is 20.3 Å². The van der Waals surface area contributed by atoms with Gasteiger partial charge in [0, 0.05) is 22.8 Å². The summed E-state index contributed by atoms with van der Waals surface area (Å²) < 4.78 is 13.1. The predicted octanol–water partition coefficient (Wildman–Crippen LogP) is 3.49. The highest BCUT2D eigenvalue weighted by Gasteiger charge is 2.13. The van der Waals surface area contributed by atoms with E-state index in [0.29, 0.717) is 24.7 Å². The van der Waals surface area contributed by atoms with Crippen LogP contribution in [-0.2, 0) is 11.2 Å². The quantitative estimate of drug-likeness (QED) is 0.709. The second-order valence-corrected chi connectivity index (χ2v) is 6.21. The number of aliphatic carboxylic acids is 1. The fourth-order valence-electron chi connectivity index (χ4n) is 2.42. The first-order valence-corrected chi connectivity index (χ1v) is 8.51. The number of nitrogens with zero attached hydrogens (tertiary/aromatic N) is 2. The van der Waals surface area contributed by atoms with Crippen molar-refractivity contribution in [3.8, 4) is 22.8 Å². The van der Waals surface area contributed by atoms with Crippen molar-refractivity contribution >= 4 is 22.3 Å². The number of carbonyl (C=O) groups is 1. The second-order valence-electron chi connectivity index (χ2n) is 5.11. The summed E-state index contributed by atoms with van der Waals surface area (Å²) in [6.45, 7) is 4.99.